The van der Waals surface area contributed by atoms with Gasteiger partial charge in [-0.05, 0) is 133 Å². The Morgan fingerprint density at radius 2 is 1.08 bits per heavy atom. The van der Waals surface area contributed by atoms with Gasteiger partial charge in [0.2, 0.25) is 0 Å². The highest BCUT2D eigenvalue weighted by molar-refractivity contribution is 6.36. The second-order valence-corrected chi connectivity index (χ2v) is 17.1. The summed E-state index contributed by atoms with van der Waals surface area (Å²) in [5.74, 6) is 0. The van der Waals surface area contributed by atoms with Crippen LogP contribution in [0.1, 0.15) is 50.7 Å². The highest BCUT2D eigenvalue weighted by Gasteiger charge is 2.57. The fourth-order valence-corrected chi connectivity index (χ4v) is 10.5. The van der Waals surface area contributed by atoms with Crippen LogP contribution in [0.4, 0.5) is 45.5 Å². The van der Waals surface area contributed by atoms with Crippen molar-refractivity contribution in [2.24, 2.45) is 0 Å². The normalized spacial score (nSPS) is 18.3. The summed E-state index contributed by atoms with van der Waals surface area (Å²) < 4.78 is 0. The minimum atomic E-state index is -0.113. The Labute approximate surface area is 353 Å². The van der Waals surface area contributed by atoms with Crippen molar-refractivity contribution in [3.8, 4) is 11.1 Å². The lowest BCUT2D eigenvalue weighted by molar-refractivity contribution is 0.195. The number of benzene rings is 8. The second kappa shape index (κ2) is 14.8. The summed E-state index contributed by atoms with van der Waals surface area (Å²) >= 11 is 7.88. The Hall–Kier alpha value is -6.29. The molecule has 8 aromatic rings. The molecule has 1 fully saturated rings. The molecule has 0 spiro atoms. The van der Waals surface area contributed by atoms with Crippen LogP contribution in [0.3, 0.4) is 0 Å². The third kappa shape index (κ3) is 6.19. The SMILES string of the molecule is Cc1cc(N(c2ccccc2)c2cccc(N(c3ccccc3)c3cccc(-c4cccc5ccccc45)c3)c2)c(Cl)c(N2c3ccccc3C3(C)CCCCC23C)c1. The highest BCUT2D eigenvalue weighted by Crippen LogP contribution is 2.62. The molecule has 0 radical (unpaired) electrons. The smallest absolute Gasteiger partial charge is 0.0883 e. The van der Waals surface area contributed by atoms with Crippen LogP contribution in [-0.4, -0.2) is 5.54 Å². The second-order valence-electron chi connectivity index (χ2n) is 16.7. The minimum absolute atomic E-state index is 0.0222. The zero-order valence-corrected chi connectivity index (χ0v) is 34.7. The maximum Gasteiger partial charge on any atom is 0.0883 e. The molecule has 0 saturated heterocycles. The van der Waals surface area contributed by atoms with E-state index in [1.54, 1.807) is 0 Å². The maximum absolute atomic E-state index is 7.88. The van der Waals surface area contributed by atoms with E-state index in [2.05, 4.69) is 224 Å². The van der Waals surface area contributed by atoms with Crippen LogP contribution in [0.25, 0.3) is 21.9 Å². The fourth-order valence-electron chi connectivity index (χ4n) is 10.2. The zero-order valence-electron chi connectivity index (χ0n) is 33.9. The third-order valence-electron chi connectivity index (χ3n) is 13.3. The average molecular weight is 786 g/mol. The number of rotatable bonds is 8. The lowest BCUT2D eigenvalue weighted by Crippen LogP contribution is -2.54. The molecular formula is C55H48ClN3. The van der Waals surface area contributed by atoms with Gasteiger partial charge in [0.1, 0.15) is 0 Å². The average Bonchev–Trinajstić information content (AvgIpc) is 3.48. The van der Waals surface area contributed by atoms with Crippen molar-refractivity contribution in [3.63, 3.8) is 0 Å². The standard InChI is InChI=1S/C55H48ClN3/c1-39-35-51(53(56)52(36-39)59-50-32-13-12-31-49(50)54(2)33-14-15-34-55(54,59)3)58(43-24-8-5-9-25-43)46-28-18-27-45(38-46)57(42-22-6-4-7-23-42)44-26-16-21-41(37-44)48-30-17-20-40-19-10-11-29-47(40)48/h4-13,16-32,35-38H,14-15,33-34H2,1-3H3. The molecule has 1 aliphatic heterocycles. The molecule has 59 heavy (non-hydrogen) atoms. The van der Waals surface area contributed by atoms with Gasteiger partial charge in [-0.3, -0.25) is 0 Å². The van der Waals surface area contributed by atoms with Crippen molar-refractivity contribution >= 4 is 67.9 Å². The summed E-state index contributed by atoms with van der Waals surface area (Å²) in [6, 6.07) is 67.9. The molecule has 0 aromatic heterocycles. The van der Waals surface area contributed by atoms with E-state index in [0.717, 1.165) is 56.8 Å². The van der Waals surface area contributed by atoms with E-state index < -0.39 is 0 Å². The first kappa shape index (κ1) is 37.0. The number of hydrogen-bond acceptors (Lipinski definition) is 3. The number of halogens is 1. The van der Waals surface area contributed by atoms with Crippen molar-refractivity contribution in [2.45, 2.75) is 57.4 Å². The predicted octanol–water partition coefficient (Wildman–Crippen LogP) is 16.2. The number of aryl methyl sites for hydroxylation is 1. The molecule has 1 aliphatic carbocycles. The first-order valence-corrected chi connectivity index (χ1v) is 21.3. The number of fused-ring (bicyclic) bond motifs is 4. The van der Waals surface area contributed by atoms with Gasteiger partial charge < -0.3 is 14.7 Å². The van der Waals surface area contributed by atoms with E-state index >= 15 is 0 Å². The molecule has 0 bridgehead atoms. The van der Waals surface area contributed by atoms with Gasteiger partial charge in [-0.15, -0.1) is 0 Å². The Morgan fingerprint density at radius 1 is 0.508 bits per heavy atom. The van der Waals surface area contributed by atoms with Crippen LogP contribution < -0.4 is 14.7 Å². The molecule has 8 aromatic carbocycles. The van der Waals surface area contributed by atoms with Gasteiger partial charge in [-0.1, -0.05) is 147 Å². The third-order valence-corrected chi connectivity index (χ3v) is 13.6. The summed E-state index contributed by atoms with van der Waals surface area (Å²) in [6.45, 7) is 7.15. The van der Waals surface area contributed by atoms with Crippen LogP contribution in [0.15, 0.2) is 188 Å². The van der Waals surface area contributed by atoms with Crippen molar-refractivity contribution in [3.05, 3.63) is 204 Å². The number of nitrogens with zero attached hydrogens (tertiary/aromatic N) is 3. The Kier molecular flexibility index (Phi) is 9.30. The molecule has 3 nitrogen and oxygen atoms in total. The number of hydrogen-bond donors (Lipinski definition) is 0. The molecule has 290 valence electrons. The van der Waals surface area contributed by atoms with Crippen LogP contribution in [0.5, 0.6) is 0 Å². The van der Waals surface area contributed by atoms with Crippen LogP contribution in [0.2, 0.25) is 5.02 Å². The molecule has 2 atom stereocenters. The molecule has 2 aliphatic rings. The predicted molar refractivity (Wildman–Crippen MR) is 251 cm³/mol. The van der Waals surface area contributed by atoms with Gasteiger partial charge in [-0.25, -0.2) is 0 Å². The van der Waals surface area contributed by atoms with E-state index in [-0.39, 0.29) is 11.0 Å². The summed E-state index contributed by atoms with van der Waals surface area (Å²) in [4.78, 5) is 7.29. The van der Waals surface area contributed by atoms with Gasteiger partial charge in [0.25, 0.3) is 0 Å². The quantitative estimate of drug-likeness (QED) is 0.152. The zero-order chi connectivity index (χ0) is 40.1. The Bertz CT molecular complexity index is 2810. The van der Waals surface area contributed by atoms with E-state index in [1.165, 1.54) is 52.4 Å². The monoisotopic (exact) mass is 785 g/mol. The van der Waals surface area contributed by atoms with E-state index in [1.807, 2.05) is 0 Å². The Morgan fingerprint density at radius 3 is 1.86 bits per heavy atom. The molecule has 4 heteroatoms. The Balaban J connectivity index is 1.13. The van der Waals surface area contributed by atoms with Gasteiger partial charge in [0.05, 0.1) is 21.9 Å². The van der Waals surface area contributed by atoms with E-state index in [9.17, 15) is 0 Å². The summed E-state index contributed by atoms with van der Waals surface area (Å²) in [7, 11) is 0. The van der Waals surface area contributed by atoms with Crippen LogP contribution in [0, 0.1) is 6.92 Å². The topological polar surface area (TPSA) is 9.72 Å². The van der Waals surface area contributed by atoms with Crippen LogP contribution >= 0.6 is 11.6 Å². The van der Waals surface area contributed by atoms with E-state index in [4.69, 9.17) is 11.6 Å². The number of para-hydroxylation sites is 3. The van der Waals surface area contributed by atoms with Gasteiger partial charge >= 0.3 is 0 Å². The first-order chi connectivity index (χ1) is 28.8. The minimum Gasteiger partial charge on any atom is -0.333 e. The molecular weight excluding hydrogens is 738 g/mol. The maximum atomic E-state index is 7.88. The van der Waals surface area contributed by atoms with Crippen molar-refractivity contribution in [1.82, 2.24) is 0 Å². The van der Waals surface area contributed by atoms with Gasteiger partial charge in [0, 0.05) is 39.5 Å². The lowest BCUT2D eigenvalue weighted by atomic mass is 9.61. The van der Waals surface area contributed by atoms with Crippen molar-refractivity contribution in [1.29, 1.82) is 0 Å². The largest absolute Gasteiger partial charge is 0.333 e. The molecule has 0 N–H and O–H groups in total. The summed E-state index contributed by atoms with van der Waals surface area (Å²) in [5, 5.41) is 3.23. The molecule has 1 saturated carbocycles. The number of anilines is 8. The lowest BCUT2D eigenvalue weighted by Gasteiger charge is -2.50. The van der Waals surface area contributed by atoms with Crippen molar-refractivity contribution in [2.75, 3.05) is 14.7 Å². The molecule has 10 rings (SSSR count). The summed E-state index contributed by atoms with van der Waals surface area (Å²) in [5.41, 5.74) is 13.5. The van der Waals surface area contributed by atoms with Gasteiger partial charge in [-0.2, -0.15) is 0 Å². The summed E-state index contributed by atoms with van der Waals surface area (Å²) in [6.07, 6.45) is 4.73. The molecule has 2 unspecified atom stereocenters. The van der Waals surface area contributed by atoms with Crippen molar-refractivity contribution < 1.29 is 0 Å². The highest BCUT2D eigenvalue weighted by atomic mass is 35.5. The first-order valence-electron chi connectivity index (χ1n) is 20.9. The molecule has 1 heterocycles. The van der Waals surface area contributed by atoms with Gasteiger partial charge in [0.15, 0.2) is 0 Å². The van der Waals surface area contributed by atoms with E-state index in [0.29, 0.717) is 0 Å². The van der Waals surface area contributed by atoms with Crippen LogP contribution in [-0.2, 0) is 5.41 Å². The molecule has 0 amide bonds. The fraction of sp³-hybridized carbons (Fsp3) is 0.164.